The molecule has 6 nitrogen and oxygen atoms in total. The molecule has 0 aliphatic rings. The van der Waals surface area contributed by atoms with E-state index in [4.69, 9.17) is 14.2 Å². The normalized spacial score (nSPS) is 11.7. The lowest BCUT2D eigenvalue weighted by atomic mass is 10.1. The van der Waals surface area contributed by atoms with Crippen LogP contribution in [0.4, 0.5) is 0 Å². The van der Waals surface area contributed by atoms with Crippen LogP contribution in [0, 0.1) is 5.92 Å². The summed E-state index contributed by atoms with van der Waals surface area (Å²) < 4.78 is 15.3. The van der Waals surface area contributed by atoms with E-state index in [1.807, 2.05) is 20.8 Å². The predicted molar refractivity (Wildman–Crippen MR) is 82.3 cm³/mol. The van der Waals surface area contributed by atoms with Gasteiger partial charge in [-0.2, -0.15) is 0 Å². The van der Waals surface area contributed by atoms with Crippen LogP contribution in [0.5, 0.6) is 11.5 Å². The zero-order chi connectivity index (χ0) is 16.7. The van der Waals surface area contributed by atoms with Crippen molar-refractivity contribution in [2.75, 3.05) is 20.8 Å². The maximum absolute atomic E-state index is 12.1. The predicted octanol–water partition coefficient (Wildman–Crippen LogP) is 2.02. The Morgan fingerprint density at radius 1 is 1.14 bits per heavy atom. The third-order valence-corrected chi connectivity index (χ3v) is 3.35. The second-order valence-electron chi connectivity index (χ2n) is 5.22. The van der Waals surface area contributed by atoms with Crippen LogP contribution in [0.2, 0.25) is 0 Å². The maximum Gasteiger partial charge on any atom is 0.342 e. The Bertz CT molecular complexity index is 527. The molecule has 0 saturated carbocycles. The van der Waals surface area contributed by atoms with Crippen molar-refractivity contribution >= 4 is 11.9 Å². The van der Waals surface area contributed by atoms with Gasteiger partial charge in [0.25, 0.3) is 5.91 Å². The van der Waals surface area contributed by atoms with E-state index in [0.717, 1.165) is 0 Å². The smallest absolute Gasteiger partial charge is 0.342 e. The lowest BCUT2D eigenvalue weighted by Crippen LogP contribution is -2.38. The summed E-state index contributed by atoms with van der Waals surface area (Å²) in [6.45, 7) is 5.56. The van der Waals surface area contributed by atoms with Crippen molar-refractivity contribution in [3.8, 4) is 11.5 Å². The van der Waals surface area contributed by atoms with Gasteiger partial charge in [0.15, 0.2) is 18.1 Å². The van der Waals surface area contributed by atoms with E-state index >= 15 is 0 Å². The van der Waals surface area contributed by atoms with Crippen LogP contribution in [0.1, 0.15) is 31.1 Å². The fourth-order valence-corrected chi connectivity index (χ4v) is 1.72. The van der Waals surface area contributed by atoms with Crippen molar-refractivity contribution in [1.82, 2.24) is 5.32 Å². The number of hydrogen-bond acceptors (Lipinski definition) is 5. The summed E-state index contributed by atoms with van der Waals surface area (Å²) in [6.07, 6.45) is 0. The molecule has 22 heavy (non-hydrogen) atoms. The molecule has 1 rings (SSSR count). The number of benzene rings is 1. The number of hydrogen-bond donors (Lipinski definition) is 1. The fraction of sp³-hybridized carbons (Fsp3) is 0.500. The summed E-state index contributed by atoms with van der Waals surface area (Å²) in [6, 6.07) is 4.89. The van der Waals surface area contributed by atoms with E-state index in [1.165, 1.54) is 14.2 Å². The number of carbonyl (C=O) groups excluding carboxylic acids is 2. The Balaban J connectivity index is 2.68. The molecular formula is C16H23NO5. The molecule has 122 valence electrons. The molecule has 1 aromatic rings. The van der Waals surface area contributed by atoms with Gasteiger partial charge < -0.3 is 19.5 Å². The average Bonchev–Trinajstić information content (AvgIpc) is 2.51. The largest absolute Gasteiger partial charge is 0.493 e. The number of amides is 1. The maximum atomic E-state index is 12.1. The van der Waals surface area contributed by atoms with Crippen molar-refractivity contribution < 1.29 is 23.8 Å². The summed E-state index contributed by atoms with van der Waals surface area (Å²) in [7, 11) is 2.92. The van der Waals surface area contributed by atoms with Gasteiger partial charge in [-0.3, -0.25) is 4.79 Å². The lowest BCUT2D eigenvalue weighted by molar-refractivity contribution is -0.125. The molecular weight excluding hydrogens is 286 g/mol. The Morgan fingerprint density at radius 3 is 2.36 bits per heavy atom. The lowest BCUT2D eigenvalue weighted by Gasteiger charge is -2.17. The second kappa shape index (κ2) is 8.26. The molecule has 6 heteroatoms. The Morgan fingerprint density at radius 2 is 1.82 bits per heavy atom. The third-order valence-electron chi connectivity index (χ3n) is 3.35. The summed E-state index contributed by atoms with van der Waals surface area (Å²) in [5.74, 6) is 0.0402. The minimum atomic E-state index is -0.636. The van der Waals surface area contributed by atoms with Crippen molar-refractivity contribution in [2.24, 2.45) is 5.92 Å². The Kier molecular flexibility index (Phi) is 6.69. The monoisotopic (exact) mass is 309 g/mol. The summed E-state index contributed by atoms with van der Waals surface area (Å²) in [4.78, 5) is 23.8. The van der Waals surface area contributed by atoms with Crippen LogP contribution in [-0.4, -0.2) is 38.7 Å². The minimum absolute atomic E-state index is 0.0116. The van der Waals surface area contributed by atoms with Crippen LogP contribution in [0.15, 0.2) is 18.2 Å². The number of para-hydroxylation sites is 1. The van der Waals surface area contributed by atoms with Gasteiger partial charge in [0.2, 0.25) is 0 Å². The van der Waals surface area contributed by atoms with Gasteiger partial charge in [0.05, 0.1) is 14.2 Å². The van der Waals surface area contributed by atoms with Crippen LogP contribution in [0.25, 0.3) is 0 Å². The van der Waals surface area contributed by atoms with E-state index in [1.54, 1.807) is 18.2 Å². The molecule has 0 bridgehead atoms. The first-order valence-corrected chi connectivity index (χ1v) is 7.08. The number of ether oxygens (including phenoxy) is 3. The number of nitrogens with one attached hydrogen (secondary N) is 1. The zero-order valence-electron chi connectivity index (χ0n) is 13.6. The number of methoxy groups -OCH3 is 2. The van der Waals surface area contributed by atoms with E-state index in [0.29, 0.717) is 11.7 Å². The molecule has 0 radical (unpaired) electrons. The molecule has 0 aliphatic carbocycles. The van der Waals surface area contributed by atoms with Gasteiger partial charge in [-0.15, -0.1) is 0 Å². The van der Waals surface area contributed by atoms with Gasteiger partial charge in [-0.05, 0) is 25.0 Å². The third kappa shape index (κ3) is 4.65. The highest BCUT2D eigenvalue weighted by molar-refractivity contribution is 5.94. The first-order valence-electron chi connectivity index (χ1n) is 7.08. The summed E-state index contributed by atoms with van der Waals surface area (Å²) in [5, 5.41) is 2.77. The molecule has 0 unspecified atom stereocenters. The van der Waals surface area contributed by atoms with Crippen molar-refractivity contribution in [3.05, 3.63) is 23.8 Å². The van der Waals surface area contributed by atoms with Crippen LogP contribution < -0.4 is 14.8 Å². The highest BCUT2D eigenvalue weighted by Crippen LogP contribution is 2.30. The second-order valence-corrected chi connectivity index (χ2v) is 5.22. The molecule has 1 aromatic carbocycles. The molecule has 1 atom stereocenters. The molecule has 0 fully saturated rings. The van der Waals surface area contributed by atoms with E-state index in [2.05, 4.69) is 5.32 Å². The minimum Gasteiger partial charge on any atom is -0.493 e. The van der Waals surface area contributed by atoms with Crippen molar-refractivity contribution in [1.29, 1.82) is 0 Å². The highest BCUT2D eigenvalue weighted by atomic mass is 16.5. The first kappa shape index (κ1) is 17.8. The molecule has 0 spiro atoms. The topological polar surface area (TPSA) is 73.9 Å². The molecule has 0 aliphatic heterocycles. The van der Waals surface area contributed by atoms with Crippen LogP contribution in [0.3, 0.4) is 0 Å². The number of carbonyl (C=O) groups is 2. The molecule has 0 aromatic heterocycles. The quantitative estimate of drug-likeness (QED) is 0.780. The van der Waals surface area contributed by atoms with Gasteiger partial charge >= 0.3 is 5.97 Å². The van der Waals surface area contributed by atoms with Gasteiger partial charge in [-0.25, -0.2) is 4.79 Å². The molecule has 1 N–H and O–H groups in total. The highest BCUT2D eigenvalue weighted by Gasteiger charge is 2.19. The SMILES string of the molecule is COc1cccc(C(=O)OCC(=O)N[C@H](C)C(C)C)c1OC. The van der Waals surface area contributed by atoms with Gasteiger partial charge in [0.1, 0.15) is 5.56 Å². The first-order chi connectivity index (χ1) is 10.4. The Hall–Kier alpha value is -2.24. The van der Waals surface area contributed by atoms with Crippen LogP contribution in [-0.2, 0) is 9.53 Å². The average molecular weight is 309 g/mol. The Labute approximate surface area is 130 Å². The van der Waals surface area contributed by atoms with Gasteiger partial charge in [-0.1, -0.05) is 19.9 Å². The van der Waals surface area contributed by atoms with E-state index < -0.39 is 5.97 Å². The number of rotatable bonds is 7. The summed E-state index contributed by atoms with van der Waals surface area (Å²) >= 11 is 0. The van der Waals surface area contributed by atoms with Gasteiger partial charge in [0, 0.05) is 6.04 Å². The van der Waals surface area contributed by atoms with Crippen molar-refractivity contribution in [2.45, 2.75) is 26.8 Å². The van der Waals surface area contributed by atoms with E-state index in [9.17, 15) is 9.59 Å². The standard InChI is InChI=1S/C16H23NO5/c1-10(2)11(3)17-14(18)9-22-16(19)12-7-6-8-13(20-4)15(12)21-5/h6-8,10-11H,9H2,1-5H3,(H,17,18)/t11-/m1/s1. The van der Waals surface area contributed by atoms with Crippen LogP contribution >= 0.6 is 0 Å². The zero-order valence-corrected chi connectivity index (χ0v) is 13.6. The summed E-state index contributed by atoms with van der Waals surface area (Å²) in [5.41, 5.74) is 0.214. The van der Waals surface area contributed by atoms with E-state index in [-0.39, 0.29) is 29.9 Å². The fourth-order valence-electron chi connectivity index (χ4n) is 1.72. The van der Waals surface area contributed by atoms with Crippen molar-refractivity contribution in [3.63, 3.8) is 0 Å². The molecule has 1 amide bonds. The molecule has 0 saturated heterocycles. The number of esters is 1. The molecule has 0 heterocycles.